The molecule has 0 radical (unpaired) electrons. The summed E-state index contributed by atoms with van der Waals surface area (Å²) in [5.74, 6) is 0. The van der Waals surface area contributed by atoms with Crippen LogP contribution in [0.1, 0.15) is 5.69 Å². The van der Waals surface area contributed by atoms with Crippen molar-refractivity contribution < 1.29 is 4.42 Å². The van der Waals surface area contributed by atoms with Crippen molar-refractivity contribution in [2.45, 2.75) is 6.92 Å². The second kappa shape index (κ2) is 6.41. The molecule has 5 nitrogen and oxygen atoms in total. The predicted molar refractivity (Wildman–Crippen MR) is 106 cm³/mol. The third kappa shape index (κ3) is 2.80. The lowest BCUT2D eigenvalue weighted by atomic mass is 10.1. The molecule has 0 atom stereocenters. The topological polar surface area (TPSA) is 64.7 Å². The van der Waals surface area contributed by atoms with E-state index in [0.29, 0.717) is 0 Å². The van der Waals surface area contributed by atoms with Crippen molar-refractivity contribution in [1.29, 1.82) is 0 Å². The number of fused-ring (bicyclic) bond motifs is 1. The van der Waals surface area contributed by atoms with Crippen LogP contribution in [0.25, 0.3) is 43.5 Å². The minimum absolute atomic E-state index is 0.788. The van der Waals surface area contributed by atoms with Gasteiger partial charge in [-0.2, -0.15) is 0 Å². The molecular weight excluding hydrogens is 356 g/mol. The van der Waals surface area contributed by atoms with Crippen molar-refractivity contribution in [3.05, 3.63) is 73.0 Å². The Labute approximate surface area is 159 Å². The second-order valence-electron chi connectivity index (χ2n) is 6.08. The molecule has 5 rings (SSSR count). The molecule has 0 N–H and O–H groups in total. The van der Waals surface area contributed by atoms with Gasteiger partial charge in [-0.15, -0.1) is 11.3 Å². The van der Waals surface area contributed by atoms with Gasteiger partial charge in [0.25, 0.3) is 0 Å². The van der Waals surface area contributed by atoms with Crippen molar-refractivity contribution in [1.82, 2.24) is 19.9 Å². The number of hydrogen-bond donors (Lipinski definition) is 0. The van der Waals surface area contributed by atoms with Crippen molar-refractivity contribution in [2.24, 2.45) is 0 Å². The molecule has 5 aromatic rings. The van der Waals surface area contributed by atoms with E-state index in [1.54, 1.807) is 30.0 Å². The zero-order valence-corrected chi connectivity index (χ0v) is 15.3. The molecule has 0 bridgehead atoms. The summed E-state index contributed by atoms with van der Waals surface area (Å²) < 4.78 is 5.68. The molecule has 0 fully saturated rings. The van der Waals surface area contributed by atoms with E-state index in [9.17, 15) is 0 Å². The number of aryl methyl sites for hydroxylation is 1. The van der Waals surface area contributed by atoms with E-state index in [-0.39, 0.29) is 0 Å². The van der Waals surface area contributed by atoms with E-state index in [2.05, 4.69) is 9.97 Å². The van der Waals surface area contributed by atoms with E-state index < -0.39 is 0 Å². The Hall–Kier alpha value is -3.38. The molecule has 6 heteroatoms. The number of pyridine rings is 3. The van der Waals surface area contributed by atoms with Gasteiger partial charge < -0.3 is 4.42 Å². The summed E-state index contributed by atoms with van der Waals surface area (Å²) >= 11 is 1.61. The van der Waals surface area contributed by atoms with Crippen LogP contribution < -0.4 is 0 Å². The summed E-state index contributed by atoms with van der Waals surface area (Å²) in [7, 11) is 0. The number of nitrogens with zero attached hydrogens (tertiary/aromatic N) is 4. The minimum Gasteiger partial charge on any atom is -0.464 e. The Kier molecular flexibility index (Phi) is 3.76. The molecule has 0 aromatic carbocycles. The molecule has 0 amide bonds. The summed E-state index contributed by atoms with van der Waals surface area (Å²) in [5.41, 5.74) is 5.19. The van der Waals surface area contributed by atoms with Crippen LogP contribution in [0.15, 0.2) is 71.7 Å². The highest BCUT2D eigenvalue weighted by Gasteiger charge is 2.17. The summed E-state index contributed by atoms with van der Waals surface area (Å²) in [4.78, 5) is 19.3. The molecule has 0 aliphatic rings. The maximum absolute atomic E-state index is 5.68. The molecule has 27 heavy (non-hydrogen) atoms. The van der Waals surface area contributed by atoms with Crippen molar-refractivity contribution >= 4 is 22.3 Å². The third-order valence-corrected chi connectivity index (χ3v) is 5.52. The van der Waals surface area contributed by atoms with Crippen molar-refractivity contribution in [3.8, 4) is 32.5 Å². The Balaban J connectivity index is 1.69. The zero-order valence-electron chi connectivity index (χ0n) is 14.5. The van der Waals surface area contributed by atoms with E-state index in [1.807, 2.05) is 55.6 Å². The van der Waals surface area contributed by atoms with Crippen molar-refractivity contribution in [3.63, 3.8) is 0 Å². The third-order valence-electron chi connectivity index (χ3n) is 4.30. The van der Waals surface area contributed by atoms with E-state index in [4.69, 9.17) is 14.4 Å². The maximum Gasteiger partial charge on any atom is 0.138 e. The fourth-order valence-electron chi connectivity index (χ4n) is 3.03. The molecule has 5 aromatic heterocycles. The average Bonchev–Trinajstić information content (AvgIpc) is 3.35. The molecule has 0 saturated heterocycles. The lowest BCUT2D eigenvalue weighted by Crippen LogP contribution is -1.91. The van der Waals surface area contributed by atoms with Crippen molar-refractivity contribution in [2.75, 3.05) is 0 Å². The quantitative estimate of drug-likeness (QED) is 0.426. The Morgan fingerprint density at radius 2 is 1.93 bits per heavy atom. The number of hydrogen-bond acceptors (Lipinski definition) is 6. The highest BCUT2D eigenvalue weighted by atomic mass is 32.1. The van der Waals surface area contributed by atoms with Gasteiger partial charge in [0.05, 0.1) is 28.2 Å². The first-order valence-corrected chi connectivity index (χ1v) is 9.29. The number of aromatic nitrogens is 4. The summed E-state index contributed by atoms with van der Waals surface area (Å²) in [6, 6.07) is 13.6. The van der Waals surface area contributed by atoms with Gasteiger partial charge in [0.15, 0.2) is 0 Å². The van der Waals surface area contributed by atoms with Gasteiger partial charge >= 0.3 is 0 Å². The molecule has 0 aliphatic heterocycles. The van der Waals surface area contributed by atoms with E-state index in [1.165, 1.54) is 0 Å². The van der Waals surface area contributed by atoms with Crippen LogP contribution in [-0.2, 0) is 0 Å². The predicted octanol–water partition coefficient (Wildman–Crippen LogP) is 5.38. The number of thiazole rings is 1. The SMILES string of the molecule is Cc1nc(-c2cccnc2)sc1-c1cc2occc2c(-c2ccccn2)n1. The van der Waals surface area contributed by atoms with Crippen LogP contribution >= 0.6 is 11.3 Å². The van der Waals surface area contributed by atoms with Crippen LogP contribution in [0.5, 0.6) is 0 Å². The summed E-state index contributed by atoms with van der Waals surface area (Å²) in [5, 5.41) is 1.88. The first-order valence-electron chi connectivity index (χ1n) is 8.47. The summed E-state index contributed by atoms with van der Waals surface area (Å²) in [6.07, 6.45) is 7.04. The van der Waals surface area contributed by atoms with Gasteiger partial charge in [-0.05, 0) is 37.3 Å². The number of rotatable bonds is 3. The normalized spacial score (nSPS) is 11.1. The highest BCUT2D eigenvalue weighted by Crippen LogP contribution is 2.37. The van der Waals surface area contributed by atoms with E-state index >= 15 is 0 Å². The molecule has 0 aliphatic carbocycles. The van der Waals surface area contributed by atoms with Gasteiger partial charge in [0.2, 0.25) is 0 Å². The second-order valence-corrected chi connectivity index (χ2v) is 7.08. The highest BCUT2D eigenvalue weighted by molar-refractivity contribution is 7.18. The Morgan fingerprint density at radius 1 is 0.963 bits per heavy atom. The molecular formula is C21H14N4OS. The van der Waals surface area contributed by atoms with Gasteiger partial charge in [0, 0.05) is 35.6 Å². The lowest BCUT2D eigenvalue weighted by Gasteiger charge is -2.05. The fraction of sp³-hybridized carbons (Fsp3) is 0.0476. The van der Waals surface area contributed by atoms with Gasteiger partial charge in [-0.1, -0.05) is 6.07 Å². The lowest BCUT2D eigenvalue weighted by molar-refractivity contribution is 0.616. The fourth-order valence-corrected chi connectivity index (χ4v) is 4.04. The van der Waals surface area contributed by atoms with Gasteiger partial charge in [0.1, 0.15) is 16.3 Å². The first-order chi connectivity index (χ1) is 13.3. The van der Waals surface area contributed by atoms with Gasteiger partial charge in [-0.3, -0.25) is 9.97 Å². The average molecular weight is 370 g/mol. The molecule has 0 spiro atoms. The van der Waals surface area contributed by atoms with Crippen LogP contribution in [-0.4, -0.2) is 19.9 Å². The molecule has 5 heterocycles. The Bertz CT molecular complexity index is 1230. The van der Waals surface area contributed by atoms with E-state index in [0.717, 1.165) is 49.2 Å². The Morgan fingerprint density at radius 3 is 2.74 bits per heavy atom. The van der Waals surface area contributed by atoms with Crippen LogP contribution in [0.2, 0.25) is 0 Å². The molecule has 0 saturated carbocycles. The first kappa shape index (κ1) is 15.8. The standard InChI is InChI=1S/C21H14N4OS/c1-13-20(27-21(24-13)14-5-4-8-22-12-14)17-11-18-15(7-10-26-18)19(25-17)16-6-2-3-9-23-16/h2-12H,1H3. The molecule has 130 valence electrons. The number of furan rings is 1. The van der Waals surface area contributed by atoms with Crippen LogP contribution in [0.3, 0.4) is 0 Å². The zero-order chi connectivity index (χ0) is 18.2. The smallest absolute Gasteiger partial charge is 0.138 e. The maximum atomic E-state index is 5.68. The summed E-state index contributed by atoms with van der Waals surface area (Å²) in [6.45, 7) is 2.00. The van der Waals surface area contributed by atoms with Gasteiger partial charge in [-0.25, -0.2) is 9.97 Å². The monoisotopic (exact) mass is 370 g/mol. The largest absolute Gasteiger partial charge is 0.464 e. The minimum atomic E-state index is 0.788. The van der Waals surface area contributed by atoms with Crippen LogP contribution in [0, 0.1) is 6.92 Å². The molecule has 0 unspecified atom stereocenters. The van der Waals surface area contributed by atoms with Crippen LogP contribution in [0.4, 0.5) is 0 Å².